The summed E-state index contributed by atoms with van der Waals surface area (Å²) in [6, 6.07) is 12.7. The van der Waals surface area contributed by atoms with E-state index in [9.17, 15) is 9.59 Å². The van der Waals surface area contributed by atoms with E-state index in [1.54, 1.807) is 18.2 Å². The van der Waals surface area contributed by atoms with E-state index in [1.165, 1.54) is 5.01 Å². The number of nitrogens with zero attached hydrogens (tertiary/aromatic N) is 1. The van der Waals surface area contributed by atoms with Gasteiger partial charge in [0.15, 0.2) is 0 Å². The minimum Gasteiger partial charge on any atom is -0.493 e. The fraction of sp³-hybridized carbons (Fsp3) is 0.304. The minimum absolute atomic E-state index is 0.0665. The van der Waals surface area contributed by atoms with E-state index in [0.717, 1.165) is 24.2 Å². The fourth-order valence-electron chi connectivity index (χ4n) is 3.04. The second kappa shape index (κ2) is 9.28. The second-order valence-corrected chi connectivity index (χ2v) is 6.78. The fourth-order valence-corrected chi connectivity index (χ4v) is 3.04. The molecule has 0 radical (unpaired) electrons. The molecule has 1 heterocycles. The normalized spacial score (nSPS) is 15.0. The van der Waals surface area contributed by atoms with Gasteiger partial charge < -0.3 is 9.47 Å². The van der Waals surface area contributed by atoms with E-state index in [2.05, 4.69) is 5.43 Å². The van der Waals surface area contributed by atoms with Crippen LogP contribution in [0, 0.1) is 6.92 Å². The Morgan fingerprint density at radius 1 is 0.966 bits per heavy atom. The van der Waals surface area contributed by atoms with Gasteiger partial charge in [0.1, 0.15) is 17.1 Å². The van der Waals surface area contributed by atoms with E-state index < -0.39 is 11.8 Å². The Morgan fingerprint density at radius 2 is 1.66 bits per heavy atom. The third-order valence-corrected chi connectivity index (χ3v) is 4.50. The average molecular weight is 394 g/mol. The van der Waals surface area contributed by atoms with Crippen LogP contribution in [0.3, 0.4) is 0 Å². The maximum absolute atomic E-state index is 12.8. The molecule has 29 heavy (non-hydrogen) atoms. The number of rotatable bonds is 8. The predicted molar refractivity (Wildman–Crippen MR) is 113 cm³/mol. The molecule has 6 heteroatoms. The average Bonchev–Trinajstić information content (AvgIpc) is 3.01. The third-order valence-electron chi connectivity index (χ3n) is 4.50. The molecule has 2 amide bonds. The van der Waals surface area contributed by atoms with Gasteiger partial charge in [0.2, 0.25) is 0 Å². The summed E-state index contributed by atoms with van der Waals surface area (Å²) in [7, 11) is 0. The summed E-state index contributed by atoms with van der Waals surface area (Å²) in [5.74, 6) is 0.538. The molecule has 0 bridgehead atoms. The first-order valence-electron chi connectivity index (χ1n) is 9.88. The summed E-state index contributed by atoms with van der Waals surface area (Å²) < 4.78 is 11.7. The van der Waals surface area contributed by atoms with Crippen molar-refractivity contribution in [2.45, 2.75) is 33.6 Å². The number of nitrogens with one attached hydrogen (secondary N) is 1. The number of hydrazine groups is 1. The number of hydrogen-bond donors (Lipinski definition) is 1. The van der Waals surface area contributed by atoms with Gasteiger partial charge in [0, 0.05) is 11.1 Å². The zero-order valence-corrected chi connectivity index (χ0v) is 17.0. The first kappa shape index (κ1) is 20.5. The smallest absolute Gasteiger partial charge is 0.282 e. The van der Waals surface area contributed by atoms with Crippen molar-refractivity contribution < 1.29 is 19.1 Å². The first-order valence-corrected chi connectivity index (χ1v) is 9.88. The van der Waals surface area contributed by atoms with Gasteiger partial charge in [-0.3, -0.25) is 15.0 Å². The van der Waals surface area contributed by atoms with Crippen LogP contribution < -0.4 is 19.9 Å². The van der Waals surface area contributed by atoms with Gasteiger partial charge in [0.05, 0.1) is 18.9 Å². The minimum atomic E-state index is -0.441. The molecule has 0 saturated carbocycles. The summed E-state index contributed by atoms with van der Waals surface area (Å²) in [5, 5.41) is 1.26. The lowest BCUT2D eigenvalue weighted by molar-refractivity contribution is -0.117. The molecule has 0 aliphatic carbocycles. The maximum Gasteiger partial charge on any atom is 0.282 e. The van der Waals surface area contributed by atoms with E-state index in [0.29, 0.717) is 30.2 Å². The molecule has 3 rings (SSSR count). The number of para-hydroxylation sites is 1. The Labute approximate surface area is 171 Å². The maximum atomic E-state index is 12.8. The van der Waals surface area contributed by atoms with Crippen LogP contribution in [0.25, 0.3) is 6.08 Å². The van der Waals surface area contributed by atoms with Crippen molar-refractivity contribution in [3.63, 3.8) is 0 Å². The van der Waals surface area contributed by atoms with Crippen molar-refractivity contribution in [1.82, 2.24) is 5.43 Å². The number of anilines is 1. The number of carbonyl (C=O) groups excluding carboxylic acids is 2. The molecule has 6 nitrogen and oxygen atoms in total. The molecule has 1 N–H and O–H groups in total. The Hall–Kier alpha value is -3.28. The monoisotopic (exact) mass is 394 g/mol. The number of amides is 2. The molecular weight excluding hydrogens is 368 g/mol. The van der Waals surface area contributed by atoms with Crippen molar-refractivity contribution in [3.8, 4) is 11.5 Å². The SMILES string of the molecule is CCCOc1ccc(C=C2C(=O)NN(c3ccccc3)C2=O)c(OCCC)c1C. The van der Waals surface area contributed by atoms with Crippen molar-refractivity contribution in [2.75, 3.05) is 18.2 Å². The summed E-state index contributed by atoms with van der Waals surface area (Å²) in [6.45, 7) is 7.14. The van der Waals surface area contributed by atoms with Crippen LogP contribution in [-0.4, -0.2) is 25.0 Å². The van der Waals surface area contributed by atoms with Crippen molar-refractivity contribution >= 4 is 23.6 Å². The van der Waals surface area contributed by atoms with E-state index in [-0.39, 0.29) is 5.57 Å². The number of benzene rings is 2. The molecule has 1 aliphatic rings. The molecule has 1 saturated heterocycles. The Balaban J connectivity index is 1.96. The van der Waals surface area contributed by atoms with Crippen molar-refractivity contribution in [2.24, 2.45) is 0 Å². The molecule has 0 unspecified atom stereocenters. The highest BCUT2D eigenvalue weighted by atomic mass is 16.5. The number of carbonyl (C=O) groups is 2. The van der Waals surface area contributed by atoms with Crippen molar-refractivity contribution in [3.05, 3.63) is 59.2 Å². The summed E-state index contributed by atoms with van der Waals surface area (Å²) in [4.78, 5) is 25.3. The number of hydrogen-bond acceptors (Lipinski definition) is 4. The van der Waals surface area contributed by atoms with Gasteiger partial charge in [-0.15, -0.1) is 0 Å². The lowest BCUT2D eigenvalue weighted by Gasteiger charge is -2.16. The molecule has 0 spiro atoms. The molecular formula is C23H26N2O4. The largest absolute Gasteiger partial charge is 0.493 e. The lowest BCUT2D eigenvalue weighted by atomic mass is 10.0. The summed E-state index contributed by atoms with van der Waals surface area (Å²) in [5.41, 5.74) is 4.82. The van der Waals surface area contributed by atoms with Gasteiger partial charge in [-0.2, -0.15) is 0 Å². The zero-order valence-electron chi connectivity index (χ0n) is 17.0. The molecule has 0 atom stereocenters. The Kier molecular flexibility index (Phi) is 6.54. The predicted octanol–water partition coefficient (Wildman–Crippen LogP) is 4.03. The highest BCUT2D eigenvalue weighted by Gasteiger charge is 2.34. The highest BCUT2D eigenvalue weighted by molar-refractivity contribution is 6.31. The standard InChI is InChI=1S/C23H26N2O4/c1-4-13-28-20-12-11-17(21(16(20)3)29-14-5-2)15-19-22(26)24-25(23(19)27)18-9-7-6-8-10-18/h6-12,15H,4-5,13-14H2,1-3H3,(H,24,26). The molecule has 2 aromatic rings. The third kappa shape index (κ3) is 4.42. The number of ether oxygens (including phenoxy) is 2. The first-order chi connectivity index (χ1) is 14.1. The molecule has 152 valence electrons. The van der Waals surface area contributed by atoms with Crippen LogP contribution in [0.5, 0.6) is 11.5 Å². The quantitative estimate of drug-likeness (QED) is 0.542. The Bertz CT molecular complexity index is 922. The van der Waals surface area contributed by atoms with Crippen molar-refractivity contribution in [1.29, 1.82) is 0 Å². The van der Waals surface area contributed by atoms with Gasteiger partial charge in [0.25, 0.3) is 11.8 Å². The summed E-state index contributed by atoms with van der Waals surface area (Å²) in [6.07, 6.45) is 3.33. The second-order valence-electron chi connectivity index (χ2n) is 6.78. The van der Waals surface area contributed by atoms with Crippen LogP contribution in [0.2, 0.25) is 0 Å². The van der Waals surface area contributed by atoms with Crippen LogP contribution in [0.1, 0.15) is 37.8 Å². The van der Waals surface area contributed by atoms with Crippen LogP contribution in [-0.2, 0) is 9.59 Å². The molecule has 0 aromatic heterocycles. The van der Waals surface area contributed by atoms with Gasteiger partial charge >= 0.3 is 0 Å². The highest BCUT2D eigenvalue weighted by Crippen LogP contribution is 2.34. The van der Waals surface area contributed by atoms with E-state index in [1.807, 2.05) is 51.1 Å². The lowest BCUT2D eigenvalue weighted by Crippen LogP contribution is -2.35. The summed E-state index contributed by atoms with van der Waals surface area (Å²) >= 11 is 0. The molecule has 2 aromatic carbocycles. The van der Waals surface area contributed by atoms with E-state index in [4.69, 9.17) is 9.47 Å². The molecule has 1 fully saturated rings. The van der Waals surface area contributed by atoms with Gasteiger partial charge in [-0.1, -0.05) is 32.0 Å². The van der Waals surface area contributed by atoms with E-state index >= 15 is 0 Å². The zero-order chi connectivity index (χ0) is 20.8. The Morgan fingerprint density at radius 3 is 2.34 bits per heavy atom. The van der Waals surface area contributed by atoms with Gasteiger partial charge in [-0.05, 0) is 50.1 Å². The topological polar surface area (TPSA) is 67.9 Å². The van der Waals surface area contributed by atoms with Crippen LogP contribution >= 0.6 is 0 Å². The van der Waals surface area contributed by atoms with Gasteiger partial charge in [-0.25, -0.2) is 5.01 Å². The van der Waals surface area contributed by atoms with Crippen LogP contribution in [0.15, 0.2) is 48.0 Å². The van der Waals surface area contributed by atoms with Crippen LogP contribution in [0.4, 0.5) is 5.69 Å². The molecule has 1 aliphatic heterocycles.